The highest BCUT2D eigenvalue weighted by atomic mass is 16.5. The highest BCUT2D eigenvalue weighted by Gasteiger charge is 2.24. The summed E-state index contributed by atoms with van der Waals surface area (Å²) in [6.45, 7) is 8.01. The predicted molar refractivity (Wildman–Crippen MR) is 137 cm³/mol. The Balaban J connectivity index is 1.28. The van der Waals surface area contributed by atoms with Crippen LogP contribution in [0, 0.1) is 0 Å². The third-order valence-electron chi connectivity index (χ3n) is 7.31. The van der Waals surface area contributed by atoms with Crippen molar-refractivity contribution in [3.8, 4) is 11.3 Å². The Morgan fingerprint density at radius 3 is 2.43 bits per heavy atom. The largest absolute Gasteiger partial charge is 0.379 e. The molecule has 1 aromatic heterocycles. The van der Waals surface area contributed by atoms with Gasteiger partial charge in [-0.2, -0.15) is 0 Å². The normalized spacial score (nSPS) is 17.2. The molecule has 1 saturated heterocycles. The number of amides is 1. The fourth-order valence-corrected chi connectivity index (χ4v) is 5.13. The van der Waals surface area contributed by atoms with E-state index < -0.39 is 0 Å². The summed E-state index contributed by atoms with van der Waals surface area (Å²) >= 11 is 0. The molecule has 6 heteroatoms. The average molecular weight is 474 g/mol. The lowest BCUT2D eigenvalue weighted by atomic mass is 9.90. The van der Waals surface area contributed by atoms with E-state index in [4.69, 9.17) is 9.26 Å². The highest BCUT2D eigenvalue weighted by Crippen LogP contribution is 2.28. The van der Waals surface area contributed by atoms with Gasteiger partial charge in [-0.1, -0.05) is 55.4 Å². The lowest BCUT2D eigenvalue weighted by Crippen LogP contribution is -2.43. The first kappa shape index (κ1) is 23.8. The van der Waals surface area contributed by atoms with Crippen LogP contribution in [0.25, 0.3) is 11.3 Å². The predicted octanol–water partition coefficient (Wildman–Crippen LogP) is 5.15. The molecule has 2 heterocycles. The minimum atomic E-state index is -0.213. The van der Waals surface area contributed by atoms with Gasteiger partial charge in [0.05, 0.1) is 19.3 Å². The van der Waals surface area contributed by atoms with Gasteiger partial charge in [0.1, 0.15) is 0 Å². The number of aromatic nitrogens is 1. The van der Waals surface area contributed by atoms with Crippen molar-refractivity contribution in [3.63, 3.8) is 0 Å². The van der Waals surface area contributed by atoms with E-state index >= 15 is 0 Å². The van der Waals surface area contributed by atoms with E-state index in [2.05, 4.69) is 71.7 Å². The van der Waals surface area contributed by atoms with Gasteiger partial charge < -0.3 is 14.6 Å². The second-order valence-electron chi connectivity index (χ2n) is 9.96. The van der Waals surface area contributed by atoms with E-state index in [1.165, 1.54) is 35.1 Å². The van der Waals surface area contributed by atoms with Gasteiger partial charge in [-0.05, 0) is 59.9 Å². The van der Waals surface area contributed by atoms with Gasteiger partial charge in [0.15, 0.2) is 11.5 Å². The molecule has 1 unspecified atom stereocenters. The minimum Gasteiger partial charge on any atom is -0.379 e. The summed E-state index contributed by atoms with van der Waals surface area (Å²) in [4.78, 5) is 15.4. The Hall–Kier alpha value is -2.96. The van der Waals surface area contributed by atoms with Crippen molar-refractivity contribution in [1.82, 2.24) is 15.4 Å². The summed E-state index contributed by atoms with van der Waals surface area (Å²) in [5, 5.41) is 7.18. The van der Waals surface area contributed by atoms with Gasteiger partial charge >= 0.3 is 0 Å². The molecule has 1 N–H and O–H groups in total. The molecule has 0 spiro atoms. The monoisotopic (exact) mass is 473 g/mol. The molecule has 2 aromatic carbocycles. The molecule has 1 fully saturated rings. The van der Waals surface area contributed by atoms with E-state index in [0.29, 0.717) is 37.1 Å². The minimum absolute atomic E-state index is 0.0797. The van der Waals surface area contributed by atoms with Crippen molar-refractivity contribution in [2.45, 2.75) is 51.5 Å². The first-order valence-electron chi connectivity index (χ1n) is 12.9. The standard InChI is InChI=1S/C29H35N3O3/c1-20(2)21-7-10-23(11-8-21)27(32-13-15-34-16-14-32)19-30-29(33)26-18-28(35-31-26)25-12-9-22-5-3-4-6-24(22)17-25/h7-12,17-18,20,27H,3-6,13-16,19H2,1-2H3,(H,30,33). The van der Waals surface area contributed by atoms with Crippen molar-refractivity contribution < 1.29 is 14.1 Å². The first-order chi connectivity index (χ1) is 17.1. The molecule has 184 valence electrons. The second kappa shape index (κ2) is 10.8. The van der Waals surface area contributed by atoms with E-state index in [-0.39, 0.29) is 11.9 Å². The molecule has 5 rings (SSSR count). The summed E-state index contributed by atoms with van der Waals surface area (Å²) < 4.78 is 11.1. The van der Waals surface area contributed by atoms with Crippen molar-refractivity contribution in [2.24, 2.45) is 0 Å². The van der Waals surface area contributed by atoms with Gasteiger partial charge in [-0.15, -0.1) is 0 Å². The number of benzene rings is 2. The number of aryl methyl sites for hydroxylation is 2. The molecule has 3 aromatic rings. The van der Waals surface area contributed by atoms with Gasteiger partial charge in [-0.25, -0.2) is 0 Å². The van der Waals surface area contributed by atoms with Crippen LogP contribution in [-0.4, -0.2) is 48.8 Å². The smallest absolute Gasteiger partial charge is 0.273 e. The number of carbonyl (C=O) groups excluding carboxylic acids is 1. The maximum Gasteiger partial charge on any atom is 0.273 e. The molecule has 1 atom stereocenters. The number of carbonyl (C=O) groups is 1. The Kier molecular flexibility index (Phi) is 7.30. The van der Waals surface area contributed by atoms with Crippen LogP contribution in [0.15, 0.2) is 53.1 Å². The molecular weight excluding hydrogens is 438 g/mol. The van der Waals surface area contributed by atoms with Crippen LogP contribution in [-0.2, 0) is 17.6 Å². The summed E-state index contributed by atoms with van der Waals surface area (Å²) in [6, 6.07) is 17.0. The summed E-state index contributed by atoms with van der Waals surface area (Å²) in [5.41, 5.74) is 6.62. The first-order valence-corrected chi connectivity index (χ1v) is 12.9. The van der Waals surface area contributed by atoms with Crippen LogP contribution >= 0.6 is 0 Å². The zero-order chi connectivity index (χ0) is 24.2. The lowest BCUT2D eigenvalue weighted by molar-refractivity contribution is 0.0162. The van der Waals surface area contributed by atoms with Gasteiger partial charge in [0, 0.05) is 31.3 Å². The SMILES string of the molecule is CC(C)c1ccc(C(CNC(=O)c2cc(-c3ccc4c(c3)CCCC4)on2)N2CCOCC2)cc1. The Labute approximate surface area is 207 Å². The second-order valence-corrected chi connectivity index (χ2v) is 9.96. The van der Waals surface area contributed by atoms with Crippen LogP contribution in [0.2, 0.25) is 0 Å². The third-order valence-corrected chi connectivity index (χ3v) is 7.31. The fourth-order valence-electron chi connectivity index (χ4n) is 5.13. The molecule has 35 heavy (non-hydrogen) atoms. The molecule has 1 amide bonds. The highest BCUT2D eigenvalue weighted by molar-refractivity contribution is 5.93. The van der Waals surface area contributed by atoms with Crippen molar-refractivity contribution in [2.75, 3.05) is 32.8 Å². The summed E-state index contributed by atoms with van der Waals surface area (Å²) in [5.74, 6) is 0.912. The zero-order valence-electron chi connectivity index (χ0n) is 20.8. The van der Waals surface area contributed by atoms with Crippen LogP contribution in [0.1, 0.15) is 71.4 Å². The van der Waals surface area contributed by atoms with Crippen LogP contribution in [0.4, 0.5) is 0 Å². The molecule has 0 saturated carbocycles. The fraction of sp³-hybridized carbons (Fsp3) is 0.448. The number of nitrogens with one attached hydrogen (secondary N) is 1. The third kappa shape index (κ3) is 5.49. The van der Waals surface area contributed by atoms with Gasteiger partial charge in [-0.3, -0.25) is 9.69 Å². The van der Waals surface area contributed by atoms with Gasteiger partial charge in [0.2, 0.25) is 0 Å². The Morgan fingerprint density at radius 1 is 0.971 bits per heavy atom. The van der Waals surface area contributed by atoms with E-state index in [1.807, 2.05) is 0 Å². The zero-order valence-corrected chi connectivity index (χ0v) is 20.8. The maximum atomic E-state index is 13.0. The number of fused-ring (bicyclic) bond motifs is 1. The maximum absolute atomic E-state index is 13.0. The van der Waals surface area contributed by atoms with E-state index in [9.17, 15) is 4.79 Å². The van der Waals surface area contributed by atoms with Crippen molar-refractivity contribution >= 4 is 5.91 Å². The summed E-state index contributed by atoms with van der Waals surface area (Å²) in [6.07, 6.45) is 4.73. The number of ether oxygens (including phenoxy) is 1. The molecule has 0 bridgehead atoms. The van der Waals surface area contributed by atoms with Crippen LogP contribution < -0.4 is 5.32 Å². The molecule has 6 nitrogen and oxygen atoms in total. The van der Waals surface area contributed by atoms with Crippen LogP contribution in [0.3, 0.4) is 0 Å². The molecule has 1 aliphatic heterocycles. The Morgan fingerprint density at radius 2 is 1.69 bits per heavy atom. The van der Waals surface area contributed by atoms with Crippen molar-refractivity contribution in [1.29, 1.82) is 0 Å². The quantitative estimate of drug-likeness (QED) is 0.514. The van der Waals surface area contributed by atoms with Crippen LogP contribution in [0.5, 0.6) is 0 Å². The topological polar surface area (TPSA) is 67.6 Å². The number of nitrogens with zero attached hydrogens (tertiary/aromatic N) is 2. The van der Waals surface area contributed by atoms with Gasteiger partial charge in [0.25, 0.3) is 5.91 Å². The number of hydrogen-bond acceptors (Lipinski definition) is 5. The number of rotatable bonds is 7. The summed E-state index contributed by atoms with van der Waals surface area (Å²) in [7, 11) is 0. The van der Waals surface area contributed by atoms with E-state index in [1.54, 1.807) is 6.07 Å². The van der Waals surface area contributed by atoms with Crippen molar-refractivity contribution in [3.05, 3.63) is 76.5 Å². The molecule has 1 aliphatic carbocycles. The lowest BCUT2D eigenvalue weighted by Gasteiger charge is -2.35. The Bertz CT molecular complexity index is 1150. The van der Waals surface area contributed by atoms with E-state index in [0.717, 1.165) is 31.5 Å². The molecule has 0 radical (unpaired) electrons. The molecular formula is C29H35N3O3. The number of hydrogen-bond donors (Lipinski definition) is 1. The molecule has 2 aliphatic rings. The number of morpholine rings is 1. The average Bonchev–Trinajstić information content (AvgIpc) is 3.40.